The Balaban J connectivity index is 1.56. The van der Waals surface area contributed by atoms with Crippen molar-refractivity contribution < 1.29 is 14.4 Å². The Hall–Kier alpha value is -2.22. The number of para-hydroxylation sites is 1. The number of rotatable bonds is 1. The number of fused-ring (bicyclic) bond motifs is 7. The molecule has 4 atom stereocenters. The minimum Gasteiger partial charge on any atom is -0.323 e. The van der Waals surface area contributed by atoms with Gasteiger partial charge in [0.1, 0.15) is 5.54 Å². The van der Waals surface area contributed by atoms with E-state index < -0.39 is 17.4 Å². The van der Waals surface area contributed by atoms with Crippen LogP contribution in [0.25, 0.3) is 0 Å². The van der Waals surface area contributed by atoms with Gasteiger partial charge in [-0.3, -0.25) is 19.3 Å². The van der Waals surface area contributed by atoms with Crippen molar-refractivity contribution in [2.24, 2.45) is 11.8 Å². The van der Waals surface area contributed by atoms with Crippen LogP contribution in [0.4, 0.5) is 11.4 Å². The normalized spacial score (nSPS) is 32.0. The summed E-state index contributed by atoms with van der Waals surface area (Å²) in [4.78, 5) is 44.2. The molecule has 0 unspecified atom stereocenters. The quantitative estimate of drug-likeness (QED) is 0.626. The van der Waals surface area contributed by atoms with Gasteiger partial charge in [0.2, 0.25) is 11.8 Å². The average molecular weight is 487 g/mol. The molecule has 4 aliphatic heterocycles. The first-order valence-corrected chi connectivity index (χ1v) is 11.1. The molecule has 6 rings (SSSR count). The average Bonchev–Trinajstić information content (AvgIpc) is 3.42. The van der Waals surface area contributed by atoms with Crippen molar-refractivity contribution >= 4 is 56.6 Å². The Kier molecular flexibility index (Phi) is 3.80. The molecule has 0 radical (unpaired) electrons. The number of hydrogen-bond acceptors (Lipinski definition) is 4. The predicted octanol–water partition coefficient (Wildman–Crippen LogP) is 3.53. The van der Waals surface area contributed by atoms with E-state index in [0.717, 1.165) is 17.3 Å². The van der Waals surface area contributed by atoms with E-state index in [0.29, 0.717) is 28.5 Å². The molecule has 4 heterocycles. The number of benzene rings is 2. The van der Waals surface area contributed by atoms with Gasteiger partial charge in [-0.15, -0.1) is 0 Å². The molecule has 3 saturated heterocycles. The van der Waals surface area contributed by atoms with Gasteiger partial charge in [0.05, 0.1) is 28.2 Å². The lowest BCUT2D eigenvalue weighted by Gasteiger charge is -2.36. The molecule has 0 aliphatic carbocycles. The van der Waals surface area contributed by atoms with E-state index in [1.807, 2.05) is 6.07 Å². The number of halogens is 2. The number of amides is 3. The van der Waals surface area contributed by atoms with E-state index in [4.69, 9.17) is 11.6 Å². The van der Waals surface area contributed by atoms with E-state index >= 15 is 0 Å². The van der Waals surface area contributed by atoms with Gasteiger partial charge in [-0.1, -0.05) is 39.7 Å². The third-order valence-electron chi connectivity index (χ3n) is 7.06. The molecule has 152 valence electrons. The fourth-order valence-electron chi connectivity index (χ4n) is 6.04. The van der Waals surface area contributed by atoms with E-state index in [1.165, 1.54) is 4.90 Å². The number of nitrogens with one attached hydrogen (secondary N) is 1. The smallest absolute Gasteiger partial charge is 0.250 e. The molecule has 0 saturated carbocycles. The second-order valence-electron chi connectivity index (χ2n) is 8.28. The zero-order chi connectivity index (χ0) is 20.8. The molecule has 30 heavy (non-hydrogen) atoms. The number of anilines is 2. The Morgan fingerprint density at radius 2 is 1.83 bits per heavy atom. The third-order valence-corrected chi connectivity index (χ3v) is 7.91. The predicted molar refractivity (Wildman–Crippen MR) is 115 cm³/mol. The van der Waals surface area contributed by atoms with Crippen molar-refractivity contribution in [1.82, 2.24) is 4.90 Å². The van der Waals surface area contributed by atoms with Gasteiger partial charge < -0.3 is 5.32 Å². The molecule has 0 aromatic heterocycles. The van der Waals surface area contributed by atoms with Gasteiger partial charge in [0, 0.05) is 16.1 Å². The highest BCUT2D eigenvalue weighted by atomic mass is 79.9. The van der Waals surface area contributed by atoms with E-state index in [2.05, 4.69) is 26.1 Å². The second kappa shape index (κ2) is 6.15. The summed E-state index contributed by atoms with van der Waals surface area (Å²) in [6.45, 7) is 0.676. The Labute approximate surface area is 186 Å². The van der Waals surface area contributed by atoms with E-state index in [-0.39, 0.29) is 23.8 Å². The third kappa shape index (κ3) is 2.05. The summed E-state index contributed by atoms with van der Waals surface area (Å²) < 4.78 is 0.864. The van der Waals surface area contributed by atoms with Gasteiger partial charge in [-0.2, -0.15) is 0 Å². The van der Waals surface area contributed by atoms with Crippen LogP contribution < -0.4 is 10.2 Å². The summed E-state index contributed by atoms with van der Waals surface area (Å²) in [7, 11) is 0. The van der Waals surface area contributed by atoms with Crippen molar-refractivity contribution in [2.75, 3.05) is 16.8 Å². The highest BCUT2D eigenvalue weighted by Gasteiger charge is 2.74. The summed E-state index contributed by atoms with van der Waals surface area (Å²) in [6, 6.07) is 12.4. The number of carbonyl (C=O) groups excluding carboxylic acids is 3. The highest BCUT2D eigenvalue weighted by Crippen LogP contribution is 2.61. The summed E-state index contributed by atoms with van der Waals surface area (Å²) in [5.74, 6) is -2.10. The fraction of sp³-hybridized carbons (Fsp3) is 0.318. The molecule has 3 fully saturated rings. The molecule has 3 amide bonds. The lowest BCUT2D eigenvalue weighted by Crippen LogP contribution is -2.54. The molecule has 8 heteroatoms. The second-order valence-corrected chi connectivity index (χ2v) is 9.60. The first-order chi connectivity index (χ1) is 14.5. The summed E-state index contributed by atoms with van der Waals surface area (Å²) in [5.41, 5.74) is 0.603. The van der Waals surface area contributed by atoms with Gasteiger partial charge in [0.15, 0.2) is 0 Å². The molecule has 1 N–H and O–H groups in total. The maximum Gasteiger partial charge on any atom is 0.250 e. The van der Waals surface area contributed by atoms with Crippen LogP contribution in [0, 0.1) is 11.8 Å². The van der Waals surface area contributed by atoms with Crippen molar-refractivity contribution in [3.05, 3.63) is 57.5 Å². The van der Waals surface area contributed by atoms with Crippen LogP contribution in [-0.2, 0) is 19.9 Å². The van der Waals surface area contributed by atoms with Gasteiger partial charge >= 0.3 is 0 Å². The number of imide groups is 1. The van der Waals surface area contributed by atoms with Crippen LogP contribution in [0.2, 0.25) is 5.02 Å². The highest BCUT2D eigenvalue weighted by molar-refractivity contribution is 9.10. The first-order valence-electron chi connectivity index (χ1n) is 9.97. The lowest BCUT2D eigenvalue weighted by molar-refractivity contribution is -0.135. The van der Waals surface area contributed by atoms with Crippen molar-refractivity contribution in [2.45, 2.75) is 24.4 Å². The van der Waals surface area contributed by atoms with Crippen molar-refractivity contribution in [3.63, 3.8) is 0 Å². The van der Waals surface area contributed by atoms with Crippen LogP contribution >= 0.6 is 27.5 Å². The number of hydrogen-bond donors (Lipinski definition) is 1. The fourth-order valence-corrected chi connectivity index (χ4v) is 6.53. The topological polar surface area (TPSA) is 69.7 Å². The number of carbonyl (C=O) groups is 3. The summed E-state index contributed by atoms with van der Waals surface area (Å²) in [5, 5.41) is 3.36. The number of nitrogens with zero attached hydrogens (tertiary/aromatic N) is 2. The van der Waals surface area contributed by atoms with Crippen molar-refractivity contribution in [1.29, 1.82) is 0 Å². The Morgan fingerprint density at radius 3 is 2.60 bits per heavy atom. The zero-order valence-electron chi connectivity index (χ0n) is 15.8. The molecular weight excluding hydrogens is 470 g/mol. The minimum atomic E-state index is -1.19. The Bertz CT molecular complexity index is 1140. The molecule has 0 bridgehead atoms. The summed E-state index contributed by atoms with van der Waals surface area (Å²) >= 11 is 9.78. The minimum absolute atomic E-state index is 0.137. The Morgan fingerprint density at radius 1 is 1.07 bits per heavy atom. The zero-order valence-corrected chi connectivity index (χ0v) is 18.1. The molecule has 2 aromatic rings. The van der Waals surface area contributed by atoms with Crippen LogP contribution in [0.1, 0.15) is 18.4 Å². The van der Waals surface area contributed by atoms with Gasteiger partial charge in [0.25, 0.3) is 5.91 Å². The maximum absolute atomic E-state index is 13.8. The van der Waals surface area contributed by atoms with Crippen LogP contribution in [0.5, 0.6) is 0 Å². The molecule has 4 aliphatic rings. The largest absolute Gasteiger partial charge is 0.323 e. The monoisotopic (exact) mass is 485 g/mol. The maximum atomic E-state index is 13.8. The molecule has 6 nitrogen and oxygen atoms in total. The van der Waals surface area contributed by atoms with Crippen LogP contribution in [0.3, 0.4) is 0 Å². The molecular formula is C22H17BrClN3O3. The van der Waals surface area contributed by atoms with Gasteiger partial charge in [-0.05, 0) is 49.7 Å². The van der Waals surface area contributed by atoms with Crippen LogP contribution in [-0.4, -0.2) is 35.2 Å². The van der Waals surface area contributed by atoms with E-state index in [9.17, 15) is 14.4 Å². The first kappa shape index (κ1) is 18.5. The SMILES string of the molecule is O=C1[C@H]2[C@@H](C(=O)N1c1ccc(Br)cc1)[C@]1(C(=O)Nc3c(Cl)cccc31)N1CCC[C@@H]21. The van der Waals surface area contributed by atoms with E-state index in [1.54, 1.807) is 36.4 Å². The lowest BCUT2D eigenvalue weighted by atomic mass is 9.75. The standard InChI is InChI=1S/C22H17BrClN3O3/c23-11-6-8-12(9-7-11)27-19(28)16-15-5-2-10-26(15)22(17(16)20(27)29)13-3-1-4-14(24)18(13)25-21(22)30/h1,3-4,6-9,15-17H,2,5,10H2,(H,25,30)/t15-,16+,17-,22+/m0/s1. The van der Waals surface area contributed by atoms with Crippen molar-refractivity contribution in [3.8, 4) is 0 Å². The summed E-state index contributed by atoms with van der Waals surface area (Å²) in [6.07, 6.45) is 1.68. The van der Waals surface area contributed by atoms with Gasteiger partial charge in [-0.25, -0.2) is 4.90 Å². The molecule has 1 spiro atoms. The van der Waals surface area contributed by atoms with Crippen LogP contribution in [0.15, 0.2) is 46.9 Å². The molecule has 2 aromatic carbocycles.